The highest BCUT2D eigenvalue weighted by atomic mass is 16.6. The molecule has 0 spiro atoms. The van der Waals surface area contributed by atoms with E-state index >= 15 is 0 Å². The molecule has 0 aromatic rings. The minimum Gasteiger partial charge on any atom is -0.444 e. The van der Waals surface area contributed by atoms with Gasteiger partial charge in [-0.05, 0) is 63.2 Å². The number of carbonyl (C=O) groups excluding carboxylic acids is 1. The van der Waals surface area contributed by atoms with E-state index in [1.807, 2.05) is 25.7 Å². The molecular weight excluding hydrogens is 286 g/mol. The molecule has 0 radical (unpaired) electrons. The molecule has 2 aliphatic rings. The van der Waals surface area contributed by atoms with Crippen molar-refractivity contribution in [1.82, 2.24) is 4.90 Å². The Morgan fingerprint density at radius 2 is 1.74 bits per heavy atom. The van der Waals surface area contributed by atoms with Crippen molar-refractivity contribution in [1.29, 1.82) is 0 Å². The van der Waals surface area contributed by atoms with Crippen molar-refractivity contribution in [3.8, 4) is 0 Å². The van der Waals surface area contributed by atoms with Crippen molar-refractivity contribution < 1.29 is 9.53 Å². The molecule has 134 valence electrons. The van der Waals surface area contributed by atoms with Crippen LogP contribution in [0.15, 0.2) is 0 Å². The largest absolute Gasteiger partial charge is 0.444 e. The molecule has 1 aliphatic heterocycles. The summed E-state index contributed by atoms with van der Waals surface area (Å²) in [6.45, 7) is 14.8. The summed E-state index contributed by atoms with van der Waals surface area (Å²) in [6, 6.07) is 0. The van der Waals surface area contributed by atoms with Crippen LogP contribution in [0.4, 0.5) is 4.79 Å². The van der Waals surface area contributed by atoms with E-state index in [0.717, 1.165) is 30.8 Å². The summed E-state index contributed by atoms with van der Waals surface area (Å²) in [6.07, 6.45) is 6.53. The number of hydrogen-bond donors (Lipinski definition) is 0. The molecule has 1 aliphatic carbocycles. The molecule has 0 bridgehead atoms. The van der Waals surface area contributed by atoms with Gasteiger partial charge in [-0.3, -0.25) is 0 Å². The number of nitrogens with zero attached hydrogens (tertiary/aromatic N) is 1. The molecule has 1 saturated carbocycles. The maximum atomic E-state index is 12.2. The van der Waals surface area contributed by atoms with E-state index < -0.39 is 0 Å². The van der Waals surface area contributed by atoms with Crippen molar-refractivity contribution in [2.24, 2.45) is 29.6 Å². The number of carbonyl (C=O) groups is 1. The Bertz CT molecular complexity index is 387. The van der Waals surface area contributed by atoms with Crippen LogP contribution in [-0.4, -0.2) is 29.7 Å². The summed E-state index contributed by atoms with van der Waals surface area (Å²) >= 11 is 0. The predicted octanol–water partition coefficient (Wildman–Crippen LogP) is 5.34. The molecule has 1 saturated heterocycles. The highest BCUT2D eigenvalue weighted by molar-refractivity contribution is 5.68. The molecule has 0 aromatic carbocycles. The first kappa shape index (κ1) is 18.6. The van der Waals surface area contributed by atoms with Crippen molar-refractivity contribution >= 4 is 6.09 Å². The molecule has 4 atom stereocenters. The molecule has 3 heteroatoms. The van der Waals surface area contributed by atoms with Gasteiger partial charge in [-0.2, -0.15) is 0 Å². The Morgan fingerprint density at radius 1 is 1.17 bits per heavy atom. The van der Waals surface area contributed by atoms with Gasteiger partial charge in [-0.25, -0.2) is 4.79 Å². The lowest BCUT2D eigenvalue weighted by atomic mass is 9.80. The maximum Gasteiger partial charge on any atom is 0.410 e. The maximum absolute atomic E-state index is 12.2. The van der Waals surface area contributed by atoms with Crippen molar-refractivity contribution in [2.75, 3.05) is 13.1 Å². The van der Waals surface area contributed by atoms with Crippen molar-refractivity contribution in [3.05, 3.63) is 0 Å². The van der Waals surface area contributed by atoms with Gasteiger partial charge in [-0.1, -0.05) is 40.0 Å². The van der Waals surface area contributed by atoms with Gasteiger partial charge in [0.2, 0.25) is 0 Å². The van der Waals surface area contributed by atoms with E-state index in [2.05, 4.69) is 20.8 Å². The first-order valence-corrected chi connectivity index (χ1v) is 9.69. The quantitative estimate of drug-likeness (QED) is 0.683. The first-order valence-electron chi connectivity index (χ1n) is 9.69. The molecule has 3 nitrogen and oxygen atoms in total. The van der Waals surface area contributed by atoms with Crippen LogP contribution in [-0.2, 0) is 4.74 Å². The molecular formula is C20H37NO2. The number of likely N-dealkylation sites (tertiary alicyclic amines) is 1. The molecule has 0 aromatic heterocycles. The summed E-state index contributed by atoms with van der Waals surface area (Å²) in [5, 5.41) is 0. The Kier molecular flexibility index (Phi) is 6.02. The zero-order valence-corrected chi connectivity index (χ0v) is 16.1. The highest BCUT2D eigenvalue weighted by Gasteiger charge is 2.45. The summed E-state index contributed by atoms with van der Waals surface area (Å²) in [7, 11) is 0. The summed E-state index contributed by atoms with van der Waals surface area (Å²) in [5.41, 5.74) is -0.388. The van der Waals surface area contributed by atoms with Gasteiger partial charge < -0.3 is 9.64 Å². The summed E-state index contributed by atoms with van der Waals surface area (Å²) in [4.78, 5) is 14.2. The molecule has 0 N–H and O–H groups in total. The second-order valence-corrected chi connectivity index (χ2v) is 9.12. The fourth-order valence-electron chi connectivity index (χ4n) is 4.51. The van der Waals surface area contributed by atoms with Gasteiger partial charge >= 0.3 is 6.09 Å². The number of rotatable bonds is 5. The van der Waals surface area contributed by atoms with Gasteiger partial charge in [0.15, 0.2) is 0 Å². The van der Waals surface area contributed by atoms with Crippen LogP contribution in [0.2, 0.25) is 0 Å². The lowest BCUT2D eigenvalue weighted by Crippen LogP contribution is -2.36. The SMILES string of the molecule is CCCCC(C)C(C)C1CC2CN(C(=O)OC(C)(C)C)CC2C1. The lowest BCUT2D eigenvalue weighted by molar-refractivity contribution is 0.0274. The second-order valence-electron chi connectivity index (χ2n) is 9.12. The molecule has 1 heterocycles. The van der Waals surface area contributed by atoms with Crippen molar-refractivity contribution in [2.45, 2.75) is 79.2 Å². The molecule has 2 rings (SSSR count). The van der Waals surface area contributed by atoms with E-state index in [9.17, 15) is 4.79 Å². The fourth-order valence-corrected chi connectivity index (χ4v) is 4.51. The zero-order chi connectivity index (χ0) is 17.2. The normalized spacial score (nSPS) is 30.2. The Labute approximate surface area is 143 Å². The molecule has 2 fully saturated rings. The van der Waals surface area contributed by atoms with E-state index in [4.69, 9.17) is 4.74 Å². The second kappa shape index (κ2) is 7.44. The zero-order valence-electron chi connectivity index (χ0n) is 16.1. The molecule has 23 heavy (non-hydrogen) atoms. The van der Waals surface area contributed by atoms with E-state index in [-0.39, 0.29) is 11.7 Å². The van der Waals surface area contributed by atoms with Gasteiger partial charge in [0, 0.05) is 13.1 Å². The van der Waals surface area contributed by atoms with Gasteiger partial charge in [0.25, 0.3) is 0 Å². The van der Waals surface area contributed by atoms with E-state index in [1.165, 1.54) is 32.1 Å². The van der Waals surface area contributed by atoms with Gasteiger partial charge in [-0.15, -0.1) is 0 Å². The smallest absolute Gasteiger partial charge is 0.410 e. The molecule has 1 amide bonds. The third-order valence-corrected chi connectivity index (χ3v) is 6.09. The summed E-state index contributed by atoms with van der Waals surface area (Å²) in [5.74, 6) is 3.92. The molecule has 4 unspecified atom stereocenters. The fraction of sp³-hybridized carbons (Fsp3) is 0.950. The Balaban J connectivity index is 1.82. The first-order chi connectivity index (χ1) is 10.7. The van der Waals surface area contributed by atoms with Crippen molar-refractivity contribution in [3.63, 3.8) is 0 Å². The Hall–Kier alpha value is -0.730. The van der Waals surface area contributed by atoms with Crippen LogP contribution in [0.25, 0.3) is 0 Å². The number of ether oxygens (including phenoxy) is 1. The standard InChI is InChI=1S/C20H37NO2/c1-7-8-9-14(2)15(3)16-10-17-12-21(13-18(17)11-16)19(22)23-20(4,5)6/h14-18H,7-13H2,1-6H3. The number of unbranched alkanes of at least 4 members (excludes halogenated alkanes) is 1. The average Bonchev–Trinajstić information content (AvgIpc) is 3.00. The predicted molar refractivity (Wildman–Crippen MR) is 95.4 cm³/mol. The monoisotopic (exact) mass is 323 g/mol. The average molecular weight is 324 g/mol. The van der Waals surface area contributed by atoms with Crippen LogP contribution in [0, 0.1) is 29.6 Å². The number of amides is 1. The lowest BCUT2D eigenvalue weighted by Gasteiger charge is -2.28. The van der Waals surface area contributed by atoms with Gasteiger partial charge in [0.05, 0.1) is 0 Å². The van der Waals surface area contributed by atoms with E-state index in [0.29, 0.717) is 11.8 Å². The van der Waals surface area contributed by atoms with E-state index in [1.54, 1.807) is 0 Å². The highest BCUT2D eigenvalue weighted by Crippen LogP contribution is 2.46. The minimum absolute atomic E-state index is 0.118. The summed E-state index contributed by atoms with van der Waals surface area (Å²) < 4.78 is 5.53. The Morgan fingerprint density at radius 3 is 2.22 bits per heavy atom. The topological polar surface area (TPSA) is 29.5 Å². The van der Waals surface area contributed by atoms with Crippen LogP contribution in [0.5, 0.6) is 0 Å². The van der Waals surface area contributed by atoms with Crippen LogP contribution >= 0.6 is 0 Å². The third-order valence-electron chi connectivity index (χ3n) is 6.09. The minimum atomic E-state index is -0.388. The number of hydrogen-bond acceptors (Lipinski definition) is 2. The van der Waals surface area contributed by atoms with Crippen LogP contribution < -0.4 is 0 Å². The third kappa shape index (κ3) is 4.87. The van der Waals surface area contributed by atoms with Crippen LogP contribution in [0.3, 0.4) is 0 Å². The number of fused-ring (bicyclic) bond motifs is 1. The van der Waals surface area contributed by atoms with Gasteiger partial charge in [0.1, 0.15) is 5.60 Å². The van der Waals surface area contributed by atoms with Crippen LogP contribution in [0.1, 0.15) is 73.6 Å².